The maximum atomic E-state index is 15.5. The highest BCUT2D eigenvalue weighted by atomic mass is 19.1. The van der Waals surface area contributed by atoms with Gasteiger partial charge in [0, 0.05) is 62.7 Å². The Morgan fingerprint density at radius 1 is 1.13 bits per heavy atom. The molecule has 2 aliphatic rings. The second-order valence-corrected chi connectivity index (χ2v) is 10.9. The number of hydrogen-bond donors (Lipinski definition) is 1. The van der Waals surface area contributed by atoms with E-state index in [1.54, 1.807) is 35.5 Å². The van der Waals surface area contributed by atoms with Gasteiger partial charge in [0.25, 0.3) is 0 Å². The van der Waals surface area contributed by atoms with Gasteiger partial charge in [-0.1, -0.05) is 5.21 Å². The lowest BCUT2D eigenvalue weighted by Gasteiger charge is -2.35. The Labute approximate surface area is 220 Å². The minimum atomic E-state index is -1.21. The molecule has 1 N–H and O–H groups in total. The molecule has 0 aromatic carbocycles. The molecule has 4 aromatic heterocycles. The first-order valence-corrected chi connectivity index (χ1v) is 13.0. The van der Waals surface area contributed by atoms with Crippen LogP contribution in [0.15, 0.2) is 30.6 Å². The summed E-state index contributed by atoms with van der Waals surface area (Å²) < 4.78 is 24.8. The zero-order valence-electron chi connectivity index (χ0n) is 22.3. The summed E-state index contributed by atoms with van der Waals surface area (Å²) in [7, 11) is 3.73. The fourth-order valence-electron chi connectivity index (χ4n) is 6.37. The third-order valence-electron chi connectivity index (χ3n) is 7.96. The first-order valence-electron chi connectivity index (χ1n) is 13.0. The van der Waals surface area contributed by atoms with Gasteiger partial charge in [0.05, 0.1) is 34.2 Å². The molecule has 4 aromatic rings. The topological polar surface area (TPSA) is 104 Å². The van der Waals surface area contributed by atoms with Gasteiger partial charge in [0.2, 0.25) is 0 Å². The van der Waals surface area contributed by atoms with Crippen molar-refractivity contribution in [1.82, 2.24) is 34.7 Å². The van der Waals surface area contributed by atoms with E-state index in [1.807, 2.05) is 27.2 Å². The van der Waals surface area contributed by atoms with Crippen LogP contribution in [0.1, 0.15) is 66.7 Å². The number of hydrogen-bond acceptors (Lipinski definition) is 7. The molecule has 0 saturated carbocycles. The van der Waals surface area contributed by atoms with Crippen molar-refractivity contribution in [3.05, 3.63) is 64.6 Å². The van der Waals surface area contributed by atoms with Crippen molar-refractivity contribution < 1.29 is 14.2 Å². The second kappa shape index (κ2) is 9.06. The summed E-state index contributed by atoms with van der Waals surface area (Å²) >= 11 is 0. The lowest BCUT2D eigenvalue weighted by molar-refractivity contribution is 0.0538. The summed E-state index contributed by atoms with van der Waals surface area (Å²) in [5.74, 6) is -0.816. The third kappa shape index (κ3) is 3.85. The molecule has 0 radical (unpaired) electrons. The van der Waals surface area contributed by atoms with Crippen LogP contribution in [0, 0.1) is 18.7 Å². The highest BCUT2D eigenvalue weighted by molar-refractivity contribution is 5.78. The molecule has 1 unspecified atom stereocenters. The summed E-state index contributed by atoms with van der Waals surface area (Å²) in [5, 5.41) is 24.4. The average Bonchev–Trinajstić information content (AvgIpc) is 3.52. The van der Waals surface area contributed by atoms with Crippen LogP contribution in [0.5, 0.6) is 0 Å². The Morgan fingerprint density at radius 3 is 2.55 bits per heavy atom. The quantitative estimate of drug-likeness (QED) is 0.427. The number of halogens is 1. The molecule has 1 aliphatic carbocycles. The number of aromatic nitrogens is 7. The predicted molar refractivity (Wildman–Crippen MR) is 139 cm³/mol. The van der Waals surface area contributed by atoms with Crippen molar-refractivity contribution in [2.75, 3.05) is 13.2 Å². The Hall–Kier alpha value is -3.50. The largest absolute Gasteiger partial charge is 0.384 e. The molecule has 1 fully saturated rings. The van der Waals surface area contributed by atoms with Crippen molar-refractivity contribution in [1.29, 1.82) is 0 Å². The van der Waals surface area contributed by atoms with Gasteiger partial charge in [-0.05, 0) is 63.3 Å². The van der Waals surface area contributed by atoms with Crippen LogP contribution >= 0.6 is 0 Å². The van der Waals surface area contributed by atoms with Crippen LogP contribution in [-0.4, -0.2) is 53.1 Å². The Balaban J connectivity index is 1.64. The first-order chi connectivity index (χ1) is 18.2. The standard InChI is InChI=1S/C28H32FN7O2/c1-15-25(36(5)34-32-15)17-13-18-21(20(16-8-11-38-12-9-16)24-19(29)7-6-10-30-24)22-26(23(18)31-14-17)35(4)33-27(22)28(2,3)37/h6-7,10,13-14,16,20-21,37H,8-9,11-12H2,1-5H3/t20-,21?/m1/s1. The van der Waals surface area contributed by atoms with E-state index < -0.39 is 5.60 Å². The van der Waals surface area contributed by atoms with E-state index >= 15 is 4.39 Å². The average molecular weight is 518 g/mol. The van der Waals surface area contributed by atoms with E-state index in [-0.39, 0.29) is 23.6 Å². The van der Waals surface area contributed by atoms with Crippen molar-refractivity contribution in [2.45, 2.75) is 51.0 Å². The maximum absolute atomic E-state index is 15.5. The highest BCUT2D eigenvalue weighted by Gasteiger charge is 2.47. The van der Waals surface area contributed by atoms with E-state index in [9.17, 15) is 5.11 Å². The lowest BCUT2D eigenvalue weighted by atomic mass is 9.71. The molecule has 9 nitrogen and oxygen atoms in total. The Morgan fingerprint density at radius 2 is 1.89 bits per heavy atom. The van der Waals surface area contributed by atoms with Crippen LogP contribution in [-0.2, 0) is 24.4 Å². The number of aryl methyl sites for hydroxylation is 3. The summed E-state index contributed by atoms with van der Waals surface area (Å²) in [4.78, 5) is 9.53. The fraction of sp³-hybridized carbons (Fsp3) is 0.464. The molecule has 1 aliphatic heterocycles. The van der Waals surface area contributed by atoms with E-state index in [2.05, 4.69) is 21.4 Å². The molecule has 1 saturated heterocycles. The summed E-state index contributed by atoms with van der Waals surface area (Å²) in [5.41, 5.74) is 5.86. The zero-order valence-corrected chi connectivity index (χ0v) is 22.3. The van der Waals surface area contributed by atoms with Crippen LogP contribution in [0.2, 0.25) is 0 Å². The highest BCUT2D eigenvalue weighted by Crippen LogP contribution is 2.56. The van der Waals surface area contributed by atoms with E-state index in [4.69, 9.17) is 14.8 Å². The third-order valence-corrected chi connectivity index (χ3v) is 7.96. The van der Waals surface area contributed by atoms with Gasteiger partial charge in [-0.2, -0.15) is 5.10 Å². The predicted octanol–water partition coefficient (Wildman–Crippen LogP) is 4.00. The number of fused-ring (bicyclic) bond motifs is 3. The smallest absolute Gasteiger partial charge is 0.145 e. The zero-order chi connectivity index (χ0) is 26.8. The SMILES string of the molecule is Cc1nnn(C)c1-c1cnc2c(c1)C([C@H](c1ncccc1F)C1CCOCC1)c1c(C(C)(C)O)nn(C)c1-2. The maximum Gasteiger partial charge on any atom is 0.145 e. The molecule has 5 heterocycles. The van der Waals surface area contributed by atoms with Crippen molar-refractivity contribution >= 4 is 0 Å². The van der Waals surface area contributed by atoms with Gasteiger partial charge in [0.1, 0.15) is 11.4 Å². The van der Waals surface area contributed by atoms with Gasteiger partial charge < -0.3 is 9.84 Å². The second-order valence-electron chi connectivity index (χ2n) is 10.9. The van der Waals surface area contributed by atoms with Gasteiger partial charge in [0.15, 0.2) is 0 Å². The van der Waals surface area contributed by atoms with E-state index in [0.717, 1.165) is 52.3 Å². The number of ether oxygens (including phenoxy) is 1. The number of rotatable bonds is 5. The van der Waals surface area contributed by atoms with Crippen LogP contribution in [0.3, 0.4) is 0 Å². The van der Waals surface area contributed by atoms with Crippen LogP contribution in [0.25, 0.3) is 22.6 Å². The first kappa shape index (κ1) is 24.8. The minimum absolute atomic E-state index is 0.121. The summed E-state index contributed by atoms with van der Waals surface area (Å²) in [6.45, 7) is 6.64. The molecule has 198 valence electrons. The van der Waals surface area contributed by atoms with E-state index in [0.29, 0.717) is 24.6 Å². The molecule has 0 spiro atoms. The molecular formula is C28H32FN7O2. The van der Waals surface area contributed by atoms with Crippen LogP contribution < -0.4 is 0 Å². The van der Waals surface area contributed by atoms with Gasteiger partial charge in [-0.15, -0.1) is 5.10 Å². The summed E-state index contributed by atoms with van der Waals surface area (Å²) in [6, 6.07) is 5.23. The number of aliphatic hydroxyl groups is 1. The molecule has 2 atom stereocenters. The van der Waals surface area contributed by atoms with Gasteiger partial charge in [-0.25, -0.2) is 9.07 Å². The Kier molecular flexibility index (Phi) is 5.92. The molecule has 38 heavy (non-hydrogen) atoms. The number of pyridine rings is 2. The van der Waals surface area contributed by atoms with Crippen molar-refractivity contribution in [2.24, 2.45) is 20.0 Å². The fourth-order valence-corrected chi connectivity index (χ4v) is 6.37. The monoisotopic (exact) mass is 517 g/mol. The van der Waals surface area contributed by atoms with Gasteiger partial charge >= 0.3 is 0 Å². The van der Waals surface area contributed by atoms with E-state index in [1.165, 1.54) is 6.07 Å². The molecular weight excluding hydrogens is 485 g/mol. The summed E-state index contributed by atoms with van der Waals surface area (Å²) in [6.07, 6.45) is 5.06. The van der Waals surface area contributed by atoms with Gasteiger partial charge in [-0.3, -0.25) is 14.6 Å². The Bertz CT molecular complexity index is 1490. The number of nitrogens with zero attached hydrogens (tertiary/aromatic N) is 7. The van der Waals surface area contributed by atoms with Crippen LogP contribution in [0.4, 0.5) is 4.39 Å². The van der Waals surface area contributed by atoms with Crippen molar-refractivity contribution in [3.63, 3.8) is 0 Å². The normalized spacial score (nSPS) is 18.4. The molecule has 0 amide bonds. The lowest BCUT2D eigenvalue weighted by Crippen LogP contribution is -2.29. The molecule has 6 rings (SSSR count). The molecule has 0 bridgehead atoms. The van der Waals surface area contributed by atoms with Crippen molar-refractivity contribution in [3.8, 4) is 22.6 Å². The minimum Gasteiger partial charge on any atom is -0.384 e. The molecule has 10 heteroatoms.